The van der Waals surface area contributed by atoms with Crippen molar-refractivity contribution in [2.24, 2.45) is 5.73 Å². The lowest BCUT2D eigenvalue weighted by atomic mass is 9.87. The summed E-state index contributed by atoms with van der Waals surface area (Å²) < 4.78 is 0. The van der Waals surface area contributed by atoms with Crippen LogP contribution in [0, 0.1) is 0 Å². The summed E-state index contributed by atoms with van der Waals surface area (Å²) in [6, 6.07) is 14.4. The summed E-state index contributed by atoms with van der Waals surface area (Å²) in [4.78, 5) is 0. The molecule has 1 aliphatic rings. The Labute approximate surface area is 114 Å². The molecular formula is C17H20N2. The summed E-state index contributed by atoms with van der Waals surface area (Å²) >= 11 is 0. The number of hydrogen-bond donors (Lipinski definition) is 2. The summed E-state index contributed by atoms with van der Waals surface area (Å²) in [6.07, 6.45) is 4.86. The van der Waals surface area contributed by atoms with E-state index in [1.807, 2.05) is 18.2 Å². The highest BCUT2D eigenvalue weighted by molar-refractivity contribution is 5.56. The van der Waals surface area contributed by atoms with Crippen LogP contribution in [0.25, 0.3) is 0 Å². The number of aryl methyl sites for hydroxylation is 2. The zero-order valence-corrected chi connectivity index (χ0v) is 11.1. The maximum Gasteiger partial charge on any atom is 0.0572 e. The van der Waals surface area contributed by atoms with Gasteiger partial charge in [-0.3, -0.25) is 0 Å². The van der Waals surface area contributed by atoms with Gasteiger partial charge in [-0.1, -0.05) is 36.4 Å². The number of anilines is 1. The van der Waals surface area contributed by atoms with Gasteiger partial charge in [0.25, 0.3) is 0 Å². The zero-order chi connectivity index (χ0) is 13.2. The van der Waals surface area contributed by atoms with Crippen molar-refractivity contribution in [1.82, 2.24) is 0 Å². The third kappa shape index (κ3) is 2.36. The van der Waals surface area contributed by atoms with Gasteiger partial charge in [0.15, 0.2) is 0 Å². The molecule has 1 atom stereocenters. The van der Waals surface area contributed by atoms with Crippen molar-refractivity contribution in [3.63, 3.8) is 0 Å². The number of fused-ring (bicyclic) bond motifs is 1. The monoisotopic (exact) mass is 252 g/mol. The van der Waals surface area contributed by atoms with E-state index in [0.717, 1.165) is 29.7 Å². The zero-order valence-electron chi connectivity index (χ0n) is 11.1. The fraction of sp³-hybridized carbons (Fsp3) is 0.294. The second kappa shape index (κ2) is 5.06. The molecule has 2 heteroatoms. The van der Waals surface area contributed by atoms with Gasteiger partial charge in [0.05, 0.1) is 6.04 Å². The van der Waals surface area contributed by atoms with Crippen LogP contribution in [0.15, 0.2) is 42.5 Å². The van der Waals surface area contributed by atoms with E-state index in [9.17, 15) is 0 Å². The van der Waals surface area contributed by atoms with Crippen molar-refractivity contribution in [2.45, 2.75) is 31.7 Å². The highest BCUT2D eigenvalue weighted by Gasteiger charge is 2.16. The maximum absolute atomic E-state index is 6.37. The van der Waals surface area contributed by atoms with Crippen LogP contribution in [0.1, 0.15) is 41.1 Å². The first-order valence-corrected chi connectivity index (χ1v) is 6.97. The second-order valence-electron chi connectivity index (χ2n) is 5.35. The quantitative estimate of drug-likeness (QED) is 0.806. The minimum absolute atomic E-state index is 0.131. The van der Waals surface area contributed by atoms with Crippen LogP contribution >= 0.6 is 0 Å². The highest BCUT2D eigenvalue weighted by atomic mass is 14.7. The molecule has 0 aromatic heterocycles. The van der Waals surface area contributed by atoms with Gasteiger partial charge in [-0.2, -0.15) is 0 Å². The van der Waals surface area contributed by atoms with Crippen LogP contribution < -0.4 is 11.5 Å². The summed E-state index contributed by atoms with van der Waals surface area (Å²) in [5.41, 5.74) is 18.4. The molecule has 0 fully saturated rings. The Morgan fingerprint density at radius 1 is 0.895 bits per heavy atom. The molecule has 0 amide bonds. The summed E-state index contributed by atoms with van der Waals surface area (Å²) in [6.45, 7) is 0. The Kier molecular flexibility index (Phi) is 3.26. The lowest BCUT2D eigenvalue weighted by Crippen LogP contribution is -2.16. The fourth-order valence-corrected chi connectivity index (χ4v) is 2.93. The van der Waals surface area contributed by atoms with Crippen molar-refractivity contribution >= 4 is 5.69 Å². The summed E-state index contributed by atoms with van der Waals surface area (Å²) in [5, 5.41) is 0. The molecule has 3 rings (SSSR count). The van der Waals surface area contributed by atoms with Crippen molar-refractivity contribution in [1.29, 1.82) is 0 Å². The van der Waals surface area contributed by atoms with Crippen molar-refractivity contribution in [3.05, 3.63) is 64.7 Å². The van der Waals surface area contributed by atoms with Gasteiger partial charge in [-0.05, 0) is 54.0 Å². The van der Waals surface area contributed by atoms with Gasteiger partial charge in [0.1, 0.15) is 0 Å². The van der Waals surface area contributed by atoms with Crippen LogP contribution in [0.5, 0.6) is 0 Å². The lowest BCUT2D eigenvalue weighted by Gasteiger charge is -2.21. The van der Waals surface area contributed by atoms with Crippen molar-refractivity contribution in [3.8, 4) is 0 Å². The number of nitrogens with two attached hydrogens (primary N) is 2. The Morgan fingerprint density at radius 3 is 2.21 bits per heavy atom. The average Bonchev–Trinajstić information content (AvgIpc) is 2.47. The molecule has 0 heterocycles. The minimum Gasteiger partial charge on any atom is -0.398 e. The molecule has 0 saturated carbocycles. The molecule has 0 radical (unpaired) electrons. The molecular weight excluding hydrogens is 232 g/mol. The van der Waals surface area contributed by atoms with Crippen LogP contribution in [-0.4, -0.2) is 0 Å². The molecule has 2 nitrogen and oxygen atoms in total. The molecule has 19 heavy (non-hydrogen) atoms. The van der Waals surface area contributed by atoms with E-state index in [4.69, 9.17) is 11.5 Å². The summed E-state index contributed by atoms with van der Waals surface area (Å²) in [5.74, 6) is 0. The van der Waals surface area contributed by atoms with Crippen molar-refractivity contribution < 1.29 is 0 Å². The average molecular weight is 252 g/mol. The number of nitrogen functional groups attached to an aromatic ring is 1. The molecule has 2 aromatic rings. The second-order valence-corrected chi connectivity index (χ2v) is 5.35. The third-order valence-corrected chi connectivity index (χ3v) is 4.04. The molecule has 0 bridgehead atoms. The van der Waals surface area contributed by atoms with Crippen LogP contribution in [0.4, 0.5) is 5.69 Å². The smallest absolute Gasteiger partial charge is 0.0572 e. The fourth-order valence-electron chi connectivity index (χ4n) is 2.93. The molecule has 0 aliphatic heterocycles. The third-order valence-electron chi connectivity index (χ3n) is 4.04. The van der Waals surface area contributed by atoms with E-state index in [0.29, 0.717) is 0 Å². The largest absolute Gasteiger partial charge is 0.398 e. The molecule has 4 N–H and O–H groups in total. The highest BCUT2D eigenvalue weighted by Crippen LogP contribution is 2.31. The normalized spacial score (nSPS) is 15.8. The first-order valence-electron chi connectivity index (χ1n) is 6.97. The van der Waals surface area contributed by atoms with E-state index in [1.165, 1.54) is 24.0 Å². The maximum atomic E-state index is 6.37. The SMILES string of the molecule is Nc1cc2c(cc1C(N)c1ccccc1)CCCC2. The van der Waals surface area contributed by atoms with Crippen LogP contribution in [-0.2, 0) is 12.8 Å². The minimum atomic E-state index is -0.131. The topological polar surface area (TPSA) is 52.0 Å². The first kappa shape index (κ1) is 12.2. The number of rotatable bonds is 2. The number of benzene rings is 2. The predicted molar refractivity (Wildman–Crippen MR) is 80.0 cm³/mol. The lowest BCUT2D eigenvalue weighted by molar-refractivity contribution is 0.683. The summed E-state index contributed by atoms with van der Waals surface area (Å²) in [7, 11) is 0. The molecule has 1 unspecified atom stereocenters. The van der Waals surface area contributed by atoms with Crippen LogP contribution in [0.2, 0.25) is 0 Å². The van der Waals surface area contributed by atoms with Gasteiger partial charge < -0.3 is 11.5 Å². The first-order chi connectivity index (χ1) is 9.25. The molecule has 1 aliphatic carbocycles. The van der Waals surface area contributed by atoms with E-state index < -0.39 is 0 Å². The Hall–Kier alpha value is -1.80. The van der Waals surface area contributed by atoms with Gasteiger partial charge >= 0.3 is 0 Å². The molecule has 98 valence electrons. The van der Waals surface area contributed by atoms with Gasteiger partial charge in [-0.25, -0.2) is 0 Å². The predicted octanol–water partition coefficient (Wildman–Crippen LogP) is 3.20. The number of hydrogen-bond acceptors (Lipinski definition) is 2. The molecule has 2 aromatic carbocycles. The van der Waals surface area contributed by atoms with Gasteiger partial charge in [-0.15, -0.1) is 0 Å². The Balaban J connectivity index is 2.01. The Morgan fingerprint density at radius 2 is 1.53 bits per heavy atom. The standard InChI is InChI=1S/C17H20N2/c18-16-11-14-9-5-4-8-13(14)10-15(16)17(19)12-6-2-1-3-7-12/h1-3,6-7,10-11,17H,4-5,8-9,18-19H2. The molecule has 0 spiro atoms. The van der Waals surface area contributed by atoms with E-state index in [1.54, 1.807) is 0 Å². The van der Waals surface area contributed by atoms with E-state index in [2.05, 4.69) is 24.3 Å². The van der Waals surface area contributed by atoms with Crippen LogP contribution in [0.3, 0.4) is 0 Å². The van der Waals surface area contributed by atoms with E-state index >= 15 is 0 Å². The van der Waals surface area contributed by atoms with Gasteiger partial charge in [0, 0.05) is 5.69 Å². The van der Waals surface area contributed by atoms with Gasteiger partial charge in [0.2, 0.25) is 0 Å². The Bertz CT molecular complexity index is 575. The molecule has 0 saturated heterocycles. The van der Waals surface area contributed by atoms with E-state index in [-0.39, 0.29) is 6.04 Å². The van der Waals surface area contributed by atoms with Crippen molar-refractivity contribution in [2.75, 3.05) is 5.73 Å².